The Morgan fingerprint density at radius 1 is 1.38 bits per heavy atom. The molecule has 1 saturated carbocycles. The summed E-state index contributed by atoms with van der Waals surface area (Å²) in [7, 11) is 4.02. The van der Waals surface area contributed by atoms with Crippen molar-refractivity contribution in [1.82, 2.24) is 4.98 Å². The molecule has 16 heavy (non-hydrogen) atoms. The fraction of sp³-hybridized carbons (Fsp3) is 0.615. The van der Waals surface area contributed by atoms with Crippen molar-refractivity contribution in [1.29, 1.82) is 0 Å². The average Bonchev–Trinajstić information content (AvgIpc) is 2.98. The van der Waals surface area contributed by atoms with E-state index >= 15 is 0 Å². The molecule has 0 amide bonds. The number of aromatic nitrogens is 1. The van der Waals surface area contributed by atoms with Crippen LogP contribution < -0.4 is 10.2 Å². The first-order valence-electron chi connectivity index (χ1n) is 5.92. The van der Waals surface area contributed by atoms with Gasteiger partial charge in [-0.05, 0) is 37.3 Å². The Kier molecular flexibility index (Phi) is 2.78. The molecule has 1 aliphatic carbocycles. The van der Waals surface area contributed by atoms with Crippen molar-refractivity contribution < 1.29 is 0 Å². The van der Waals surface area contributed by atoms with Gasteiger partial charge < -0.3 is 10.2 Å². The summed E-state index contributed by atoms with van der Waals surface area (Å²) in [5.74, 6) is 1.98. The highest BCUT2D eigenvalue weighted by Crippen LogP contribution is 2.48. The summed E-state index contributed by atoms with van der Waals surface area (Å²) in [5.41, 5.74) is 0.482. The van der Waals surface area contributed by atoms with Crippen LogP contribution in [0.1, 0.15) is 26.7 Å². The van der Waals surface area contributed by atoms with Crippen LogP contribution in [-0.2, 0) is 0 Å². The Labute approximate surface area is 97.9 Å². The maximum Gasteiger partial charge on any atom is 0.130 e. The number of nitrogens with zero attached hydrogens (tertiary/aromatic N) is 2. The molecule has 0 radical (unpaired) electrons. The van der Waals surface area contributed by atoms with Gasteiger partial charge in [-0.2, -0.15) is 0 Å². The lowest BCUT2D eigenvalue weighted by Gasteiger charge is -2.21. The van der Waals surface area contributed by atoms with Crippen LogP contribution in [0.15, 0.2) is 18.2 Å². The summed E-state index contributed by atoms with van der Waals surface area (Å²) in [6, 6.07) is 6.61. The smallest absolute Gasteiger partial charge is 0.130 e. The van der Waals surface area contributed by atoms with Gasteiger partial charge in [-0.25, -0.2) is 4.98 Å². The van der Waals surface area contributed by atoms with Crippen LogP contribution in [0, 0.1) is 5.41 Å². The van der Waals surface area contributed by atoms with Crippen molar-refractivity contribution in [3.05, 3.63) is 18.2 Å². The van der Waals surface area contributed by atoms with E-state index in [9.17, 15) is 0 Å². The highest BCUT2D eigenvalue weighted by Gasteiger charge is 2.42. The largest absolute Gasteiger partial charge is 0.367 e. The van der Waals surface area contributed by atoms with Crippen LogP contribution in [0.25, 0.3) is 0 Å². The molecule has 0 spiro atoms. The topological polar surface area (TPSA) is 28.2 Å². The van der Waals surface area contributed by atoms with E-state index in [-0.39, 0.29) is 0 Å². The van der Waals surface area contributed by atoms with Crippen molar-refractivity contribution in [3.8, 4) is 0 Å². The molecule has 0 saturated heterocycles. The number of pyridine rings is 1. The quantitative estimate of drug-likeness (QED) is 0.844. The normalized spacial score (nSPS) is 19.0. The maximum absolute atomic E-state index is 4.57. The molecule has 1 heterocycles. The summed E-state index contributed by atoms with van der Waals surface area (Å²) < 4.78 is 0. The monoisotopic (exact) mass is 219 g/mol. The third-order valence-electron chi connectivity index (χ3n) is 3.64. The summed E-state index contributed by atoms with van der Waals surface area (Å²) in [6.07, 6.45) is 2.66. The zero-order chi connectivity index (χ0) is 11.8. The van der Waals surface area contributed by atoms with E-state index in [2.05, 4.69) is 24.1 Å². The standard InChI is InChI=1S/C13H21N3/c1-10(13(2)8-9-13)14-11-6-5-7-12(15-11)16(3)4/h5-7,10H,8-9H2,1-4H3,(H,14,15). The van der Waals surface area contributed by atoms with Gasteiger partial charge >= 0.3 is 0 Å². The number of rotatable bonds is 4. The minimum atomic E-state index is 0.482. The molecule has 2 rings (SSSR count). The van der Waals surface area contributed by atoms with Crippen molar-refractivity contribution >= 4 is 11.6 Å². The summed E-state index contributed by atoms with van der Waals surface area (Å²) in [4.78, 5) is 6.59. The number of anilines is 2. The molecule has 1 aromatic heterocycles. The van der Waals surface area contributed by atoms with Gasteiger partial charge in [-0.15, -0.1) is 0 Å². The molecule has 1 aromatic rings. The van der Waals surface area contributed by atoms with Gasteiger partial charge in [0.2, 0.25) is 0 Å². The molecule has 1 fully saturated rings. The molecule has 3 heteroatoms. The first-order valence-corrected chi connectivity index (χ1v) is 5.92. The average molecular weight is 219 g/mol. The minimum absolute atomic E-state index is 0.482. The molecule has 0 aliphatic heterocycles. The second-order valence-electron chi connectivity index (χ2n) is 5.30. The lowest BCUT2D eigenvalue weighted by atomic mass is 10.0. The number of hydrogen-bond donors (Lipinski definition) is 1. The first kappa shape index (κ1) is 11.2. The van der Waals surface area contributed by atoms with Gasteiger partial charge in [0, 0.05) is 20.1 Å². The first-order chi connectivity index (χ1) is 7.51. The van der Waals surface area contributed by atoms with E-state index in [1.54, 1.807) is 0 Å². The van der Waals surface area contributed by atoms with E-state index in [0.717, 1.165) is 11.6 Å². The Balaban J connectivity index is 2.06. The van der Waals surface area contributed by atoms with Gasteiger partial charge in [0.05, 0.1) is 0 Å². The SMILES string of the molecule is CC(Nc1cccc(N(C)C)n1)C1(C)CC1. The minimum Gasteiger partial charge on any atom is -0.367 e. The lowest BCUT2D eigenvalue weighted by Crippen LogP contribution is -2.25. The van der Waals surface area contributed by atoms with E-state index in [1.807, 2.05) is 37.2 Å². The van der Waals surface area contributed by atoms with Gasteiger partial charge in [0.15, 0.2) is 0 Å². The van der Waals surface area contributed by atoms with Gasteiger partial charge in [-0.3, -0.25) is 0 Å². The Bertz CT molecular complexity index is 369. The second kappa shape index (κ2) is 3.96. The molecule has 1 aliphatic rings. The fourth-order valence-electron chi connectivity index (χ4n) is 1.78. The van der Waals surface area contributed by atoms with Crippen LogP contribution in [0.2, 0.25) is 0 Å². The predicted molar refractivity (Wildman–Crippen MR) is 69.0 cm³/mol. The van der Waals surface area contributed by atoms with Gasteiger partial charge in [0.1, 0.15) is 11.6 Å². The van der Waals surface area contributed by atoms with E-state index in [4.69, 9.17) is 0 Å². The van der Waals surface area contributed by atoms with Gasteiger partial charge in [0.25, 0.3) is 0 Å². The predicted octanol–water partition coefficient (Wildman–Crippen LogP) is 2.75. The second-order valence-corrected chi connectivity index (χ2v) is 5.30. The Morgan fingerprint density at radius 2 is 2.06 bits per heavy atom. The molecule has 0 bridgehead atoms. The molecular formula is C13H21N3. The summed E-state index contributed by atoms with van der Waals surface area (Å²) in [5, 5.41) is 3.50. The Morgan fingerprint density at radius 3 is 2.62 bits per heavy atom. The van der Waals surface area contributed by atoms with Crippen LogP contribution in [0.3, 0.4) is 0 Å². The van der Waals surface area contributed by atoms with E-state index in [1.165, 1.54) is 12.8 Å². The zero-order valence-corrected chi connectivity index (χ0v) is 10.6. The van der Waals surface area contributed by atoms with Crippen LogP contribution in [0.5, 0.6) is 0 Å². The third kappa shape index (κ3) is 2.29. The van der Waals surface area contributed by atoms with Crippen LogP contribution in [-0.4, -0.2) is 25.1 Å². The van der Waals surface area contributed by atoms with Crippen LogP contribution in [0.4, 0.5) is 11.6 Å². The molecule has 1 unspecified atom stereocenters. The van der Waals surface area contributed by atoms with Crippen LogP contribution >= 0.6 is 0 Å². The third-order valence-corrected chi connectivity index (χ3v) is 3.64. The van der Waals surface area contributed by atoms with Gasteiger partial charge in [-0.1, -0.05) is 13.0 Å². The summed E-state index contributed by atoms with van der Waals surface area (Å²) in [6.45, 7) is 4.58. The molecule has 0 aromatic carbocycles. The molecule has 3 nitrogen and oxygen atoms in total. The number of hydrogen-bond acceptors (Lipinski definition) is 3. The van der Waals surface area contributed by atoms with Crippen molar-refractivity contribution in [2.24, 2.45) is 5.41 Å². The van der Waals surface area contributed by atoms with Crippen molar-refractivity contribution in [3.63, 3.8) is 0 Å². The highest BCUT2D eigenvalue weighted by molar-refractivity contribution is 5.46. The van der Waals surface area contributed by atoms with E-state index in [0.29, 0.717) is 11.5 Å². The highest BCUT2D eigenvalue weighted by atomic mass is 15.2. The van der Waals surface area contributed by atoms with Crippen molar-refractivity contribution in [2.75, 3.05) is 24.3 Å². The summed E-state index contributed by atoms with van der Waals surface area (Å²) >= 11 is 0. The fourth-order valence-corrected chi connectivity index (χ4v) is 1.78. The lowest BCUT2D eigenvalue weighted by molar-refractivity contribution is 0.492. The molecule has 1 N–H and O–H groups in total. The maximum atomic E-state index is 4.57. The van der Waals surface area contributed by atoms with Crippen molar-refractivity contribution in [2.45, 2.75) is 32.7 Å². The molecule has 88 valence electrons. The molecule has 1 atom stereocenters. The number of nitrogens with one attached hydrogen (secondary N) is 1. The Hall–Kier alpha value is -1.25. The molecular weight excluding hydrogens is 198 g/mol. The van der Waals surface area contributed by atoms with E-state index < -0.39 is 0 Å². The zero-order valence-electron chi connectivity index (χ0n) is 10.6.